The van der Waals surface area contributed by atoms with Gasteiger partial charge in [-0.3, -0.25) is 0 Å². The Balaban J connectivity index is 3.12. The number of carboxylic acids is 1. The number of nitrogens with two attached hydrogens (primary N) is 1. The van der Waals surface area contributed by atoms with Crippen LogP contribution in [0.2, 0.25) is 0 Å². The fourth-order valence-corrected chi connectivity index (χ4v) is 3.86. The van der Waals surface area contributed by atoms with Crippen molar-refractivity contribution in [3.63, 3.8) is 0 Å². The summed E-state index contributed by atoms with van der Waals surface area (Å²) in [5.74, 6) is -0.838. The average Bonchev–Trinajstić information content (AvgIpc) is 2.50. The Bertz CT molecular complexity index is 594. The number of hydrogen-bond donors (Lipinski definition) is 4. The Hall–Kier alpha value is -1.00. The summed E-state index contributed by atoms with van der Waals surface area (Å²) < 4.78 is 10.6. The highest BCUT2D eigenvalue weighted by molar-refractivity contribution is 14.1. The fourth-order valence-electron chi connectivity index (χ4n) is 1.74. The lowest BCUT2D eigenvalue weighted by Crippen LogP contribution is -2.14. The van der Waals surface area contributed by atoms with Crippen molar-refractivity contribution in [2.24, 2.45) is 5.73 Å². The summed E-state index contributed by atoms with van der Waals surface area (Å²) in [5, 5.41) is 8.67. The van der Waals surface area contributed by atoms with E-state index in [1.807, 2.05) is 22.6 Å². The van der Waals surface area contributed by atoms with Crippen LogP contribution >= 0.6 is 30.3 Å². The van der Waals surface area contributed by atoms with Crippen LogP contribution in [0.1, 0.15) is 16.8 Å². The molecule has 0 bridgehead atoms. The van der Waals surface area contributed by atoms with Crippen LogP contribution in [-0.2, 0) is 4.79 Å². The molecule has 0 amide bonds. The van der Waals surface area contributed by atoms with Crippen molar-refractivity contribution < 1.29 is 34.0 Å². The van der Waals surface area contributed by atoms with E-state index < -0.39 is 25.8 Å². The molecule has 0 radical (unpaired) electrons. The fraction of sp³-hybridized carbons (Fsp3) is 0.385. The predicted octanol–water partition coefficient (Wildman–Crippen LogP) is 1.08. The number of hydrogen-bond acceptors (Lipinski definition) is 7. The summed E-state index contributed by atoms with van der Waals surface area (Å²) >= 11 is 1.85. The summed E-state index contributed by atoms with van der Waals surface area (Å²) in [7, 11) is -2.45. The Labute approximate surface area is 147 Å². The molecule has 0 saturated carbocycles. The van der Waals surface area contributed by atoms with Gasteiger partial charge in [0.1, 0.15) is 6.16 Å². The third kappa shape index (κ3) is 5.54. The molecule has 1 aromatic rings. The standard InChI is InChI=1S/C13H17INO7P/c1-21-10-6-8(13(18)23(19,20)4-2-3-15)5-9(14)12(10)22-7-11(16)17/h5-6,19-20H,2-4,7,15H2,1H3/p+1. The van der Waals surface area contributed by atoms with Crippen LogP contribution in [0.5, 0.6) is 11.5 Å². The van der Waals surface area contributed by atoms with Crippen molar-refractivity contribution >= 4 is 41.8 Å². The number of methoxy groups -OCH3 is 1. The van der Waals surface area contributed by atoms with E-state index in [0.717, 1.165) is 0 Å². The number of carbonyl (C=O) groups is 2. The second-order valence-electron chi connectivity index (χ2n) is 4.57. The maximum atomic E-state index is 12.3. The Morgan fingerprint density at radius 3 is 2.52 bits per heavy atom. The van der Waals surface area contributed by atoms with Crippen molar-refractivity contribution in [3.8, 4) is 11.5 Å². The van der Waals surface area contributed by atoms with Gasteiger partial charge in [-0.25, -0.2) is 19.4 Å². The van der Waals surface area contributed by atoms with Gasteiger partial charge in [0.05, 0.1) is 16.2 Å². The molecule has 0 aromatic heterocycles. The summed E-state index contributed by atoms with van der Waals surface area (Å²) in [6.45, 7) is -0.313. The Morgan fingerprint density at radius 1 is 1.35 bits per heavy atom. The van der Waals surface area contributed by atoms with Crippen molar-refractivity contribution in [3.05, 3.63) is 21.3 Å². The number of carboxylic acid groups (broad SMARTS) is 1. The molecule has 0 aliphatic carbocycles. The third-order valence-electron chi connectivity index (χ3n) is 2.82. The molecular formula is C13H18INO7P+. The Morgan fingerprint density at radius 2 is 2.00 bits per heavy atom. The molecule has 5 N–H and O–H groups in total. The minimum absolute atomic E-state index is 0.0595. The minimum atomic E-state index is -3.78. The Kier molecular flexibility index (Phi) is 7.62. The van der Waals surface area contributed by atoms with Gasteiger partial charge >= 0.3 is 19.2 Å². The first-order valence-corrected chi connectivity index (χ1v) is 9.49. The van der Waals surface area contributed by atoms with Crippen LogP contribution < -0.4 is 15.2 Å². The highest BCUT2D eigenvalue weighted by atomic mass is 127. The van der Waals surface area contributed by atoms with Crippen LogP contribution in [-0.4, -0.2) is 52.8 Å². The van der Waals surface area contributed by atoms with Gasteiger partial charge in [-0.15, -0.1) is 0 Å². The van der Waals surface area contributed by atoms with Crippen molar-refractivity contribution in [2.45, 2.75) is 6.42 Å². The van der Waals surface area contributed by atoms with Crippen LogP contribution in [0, 0.1) is 3.57 Å². The molecule has 1 aromatic carbocycles. The van der Waals surface area contributed by atoms with Gasteiger partial charge in [0, 0.05) is 0 Å². The van der Waals surface area contributed by atoms with Gasteiger partial charge in [-0.05, 0) is 47.7 Å². The van der Waals surface area contributed by atoms with E-state index in [1.54, 1.807) is 0 Å². The van der Waals surface area contributed by atoms with E-state index in [-0.39, 0.29) is 29.8 Å². The lowest BCUT2D eigenvalue weighted by atomic mass is 10.2. The molecule has 0 spiro atoms. The molecule has 0 atom stereocenters. The highest BCUT2D eigenvalue weighted by Crippen LogP contribution is 2.54. The monoisotopic (exact) mass is 458 g/mol. The number of benzene rings is 1. The van der Waals surface area contributed by atoms with E-state index in [1.165, 1.54) is 19.2 Å². The molecule has 0 saturated heterocycles. The smallest absolute Gasteiger partial charge is 0.356 e. The van der Waals surface area contributed by atoms with E-state index in [2.05, 4.69) is 0 Å². The predicted molar refractivity (Wildman–Crippen MR) is 93.1 cm³/mol. The molecule has 0 aliphatic heterocycles. The van der Waals surface area contributed by atoms with Crippen LogP contribution in [0.3, 0.4) is 0 Å². The topological polar surface area (TPSA) is 139 Å². The summed E-state index contributed by atoms with van der Waals surface area (Å²) in [6, 6.07) is 2.69. The minimum Gasteiger partial charge on any atom is -0.493 e. The zero-order valence-corrected chi connectivity index (χ0v) is 15.4. The van der Waals surface area contributed by atoms with E-state index in [9.17, 15) is 19.4 Å². The molecule has 8 nitrogen and oxygen atoms in total. The molecule has 128 valence electrons. The number of rotatable bonds is 9. The van der Waals surface area contributed by atoms with E-state index in [0.29, 0.717) is 9.99 Å². The quantitative estimate of drug-likeness (QED) is 0.319. The summed E-state index contributed by atoms with van der Waals surface area (Å²) in [5.41, 5.74) is 4.59. The molecule has 0 aliphatic rings. The van der Waals surface area contributed by atoms with Gasteiger partial charge in [0.25, 0.3) is 0 Å². The van der Waals surface area contributed by atoms with Gasteiger partial charge < -0.3 is 20.3 Å². The zero-order chi connectivity index (χ0) is 17.6. The van der Waals surface area contributed by atoms with Crippen molar-refractivity contribution in [1.82, 2.24) is 0 Å². The van der Waals surface area contributed by atoms with Gasteiger partial charge in [0.15, 0.2) is 18.1 Å². The summed E-state index contributed by atoms with van der Waals surface area (Å²) in [4.78, 5) is 42.8. The third-order valence-corrected chi connectivity index (χ3v) is 5.47. The SMILES string of the molecule is COc1cc(C(=O)[P+](O)(O)CCCN)cc(I)c1OCC(=O)O. The van der Waals surface area contributed by atoms with E-state index >= 15 is 0 Å². The van der Waals surface area contributed by atoms with Crippen molar-refractivity contribution in [1.29, 1.82) is 0 Å². The number of ether oxygens (including phenoxy) is 2. The number of aliphatic carboxylic acids is 1. The number of carbonyl (C=O) groups excluding carboxylic acids is 1. The zero-order valence-electron chi connectivity index (χ0n) is 12.4. The second-order valence-corrected chi connectivity index (χ2v) is 8.05. The molecule has 0 heterocycles. The van der Waals surface area contributed by atoms with Crippen molar-refractivity contribution in [2.75, 3.05) is 26.4 Å². The first-order valence-electron chi connectivity index (χ1n) is 6.53. The maximum Gasteiger partial charge on any atom is 0.356 e. The molecular weight excluding hydrogens is 440 g/mol. The molecule has 1 rings (SSSR count). The summed E-state index contributed by atoms with van der Waals surface area (Å²) in [6.07, 6.45) is 0.235. The first kappa shape index (κ1) is 20.0. The van der Waals surface area contributed by atoms with Gasteiger partial charge in [-0.1, -0.05) is 0 Å². The van der Waals surface area contributed by atoms with E-state index in [4.69, 9.17) is 20.3 Å². The molecule has 0 unspecified atom stereocenters. The molecule has 10 heteroatoms. The normalized spacial score (nSPS) is 11.2. The largest absolute Gasteiger partial charge is 0.493 e. The molecule has 0 fully saturated rings. The van der Waals surface area contributed by atoms with Crippen LogP contribution in [0.25, 0.3) is 0 Å². The van der Waals surface area contributed by atoms with Gasteiger partial charge in [0.2, 0.25) is 0 Å². The average molecular weight is 458 g/mol. The highest BCUT2D eigenvalue weighted by Gasteiger charge is 2.44. The van der Waals surface area contributed by atoms with Crippen LogP contribution in [0.4, 0.5) is 0 Å². The number of halogens is 1. The van der Waals surface area contributed by atoms with Crippen LogP contribution in [0.15, 0.2) is 12.1 Å². The first-order chi connectivity index (χ1) is 10.7. The van der Waals surface area contributed by atoms with Gasteiger partial charge in [-0.2, -0.15) is 0 Å². The lowest BCUT2D eigenvalue weighted by Gasteiger charge is -2.14. The maximum absolute atomic E-state index is 12.3. The second kappa shape index (κ2) is 8.74. The lowest BCUT2D eigenvalue weighted by molar-refractivity contribution is -0.139. The molecule has 23 heavy (non-hydrogen) atoms.